The van der Waals surface area contributed by atoms with Crippen LogP contribution in [0.2, 0.25) is 0 Å². The largest absolute Gasteiger partial charge is 0.329 e. The zero-order chi connectivity index (χ0) is 14.4. The fourth-order valence-corrected chi connectivity index (χ4v) is 5.15. The second-order valence-corrected chi connectivity index (χ2v) is 8.49. The second kappa shape index (κ2) is 5.21. The number of nitrogens with two attached hydrogens (primary N) is 1. The van der Waals surface area contributed by atoms with Gasteiger partial charge in [-0.25, -0.2) is 8.42 Å². The topological polar surface area (TPSA) is 69.9 Å². The summed E-state index contributed by atoms with van der Waals surface area (Å²) in [6.45, 7) is 7.00. The van der Waals surface area contributed by atoms with Gasteiger partial charge in [-0.1, -0.05) is 0 Å². The maximum atomic E-state index is 11.6. The molecule has 2 bridgehead atoms. The third-order valence-electron chi connectivity index (χ3n) is 5.54. The molecule has 0 aromatic heterocycles. The van der Waals surface area contributed by atoms with Crippen molar-refractivity contribution in [1.82, 2.24) is 14.1 Å². The zero-order valence-electron chi connectivity index (χ0n) is 12.3. The lowest BCUT2D eigenvalue weighted by Gasteiger charge is -2.59. The number of piperidine rings is 3. The summed E-state index contributed by atoms with van der Waals surface area (Å²) in [7, 11) is -3.05. The molecule has 6 nitrogen and oxygen atoms in total. The van der Waals surface area contributed by atoms with Gasteiger partial charge in [0, 0.05) is 44.8 Å². The van der Waals surface area contributed by atoms with E-state index in [9.17, 15) is 8.42 Å². The van der Waals surface area contributed by atoms with Crippen LogP contribution in [-0.2, 0) is 10.0 Å². The SMILES string of the molecule is CS(=O)(=O)N1CCN(C2(CN)CN3CCC2CC3)CC1. The van der Waals surface area contributed by atoms with Crippen molar-refractivity contribution >= 4 is 10.0 Å². The predicted molar refractivity (Wildman–Crippen MR) is 78.9 cm³/mol. The van der Waals surface area contributed by atoms with Gasteiger partial charge in [0.15, 0.2) is 0 Å². The molecule has 4 aliphatic rings. The molecule has 0 aromatic rings. The van der Waals surface area contributed by atoms with Crippen molar-refractivity contribution in [2.24, 2.45) is 11.7 Å². The summed E-state index contributed by atoms with van der Waals surface area (Å²) < 4.78 is 24.8. The first-order valence-electron chi connectivity index (χ1n) is 7.58. The number of sulfonamides is 1. The Morgan fingerprint density at radius 3 is 2.10 bits per heavy atom. The number of nitrogens with zero attached hydrogens (tertiary/aromatic N) is 3. The molecule has 1 atom stereocenters. The van der Waals surface area contributed by atoms with Gasteiger partial charge in [0.05, 0.1) is 6.26 Å². The highest BCUT2D eigenvalue weighted by atomic mass is 32.2. The fourth-order valence-electron chi connectivity index (χ4n) is 4.33. The predicted octanol–water partition coefficient (Wildman–Crippen LogP) is -1.01. The molecule has 0 aromatic carbocycles. The van der Waals surface area contributed by atoms with E-state index in [0.29, 0.717) is 25.6 Å². The van der Waals surface area contributed by atoms with Crippen molar-refractivity contribution in [2.45, 2.75) is 18.4 Å². The van der Waals surface area contributed by atoms with Gasteiger partial charge in [0.1, 0.15) is 0 Å². The summed E-state index contributed by atoms with van der Waals surface area (Å²) in [5, 5.41) is 0. The molecule has 2 N–H and O–H groups in total. The van der Waals surface area contributed by atoms with E-state index in [1.54, 1.807) is 4.31 Å². The van der Waals surface area contributed by atoms with Crippen LogP contribution in [0.15, 0.2) is 0 Å². The molecular formula is C13H26N4O2S. The summed E-state index contributed by atoms with van der Waals surface area (Å²) in [6, 6.07) is 0. The highest BCUT2D eigenvalue weighted by molar-refractivity contribution is 7.88. The molecule has 7 heteroatoms. The van der Waals surface area contributed by atoms with Crippen molar-refractivity contribution in [3.05, 3.63) is 0 Å². The summed E-state index contributed by atoms with van der Waals surface area (Å²) in [5.41, 5.74) is 6.26. The minimum absolute atomic E-state index is 0.0834. The Bertz CT molecular complexity index is 453. The van der Waals surface area contributed by atoms with E-state index < -0.39 is 10.0 Å². The van der Waals surface area contributed by atoms with Gasteiger partial charge in [-0.2, -0.15) is 4.31 Å². The minimum atomic E-state index is -3.05. The fraction of sp³-hybridized carbons (Fsp3) is 1.00. The summed E-state index contributed by atoms with van der Waals surface area (Å²) in [5.74, 6) is 0.683. The lowest BCUT2D eigenvalue weighted by atomic mass is 9.71. The van der Waals surface area contributed by atoms with E-state index in [1.165, 1.54) is 32.2 Å². The maximum Gasteiger partial charge on any atom is 0.211 e. The van der Waals surface area contributed by atoms with Crippen molar-refractivity contribution in [1.29, 1.82) is 0 Å². The number of piperazine rings is 1. The van der Waals surface area contributed by atoms with Crippen LogP contribution in [0.1, 0.15) is 12.8 Å². The van der Waals surface area contributed by atoms with Gasteiger partial charge in [0.2, 0.25) is 10.0 Å². The van der Waals surface area contributed by atoms with Crippen LogP contribution < -0.4 is 5.73 Å². The number of fused-ring (bicyclic) bond motifs is 3. The summed E-state index contributed by atoms with van der Waals surface area (Å²) in [6.07, 6.45) is 3.78. The molecule has 116 valence electrons. The van der Waals surface area contributed by atoms with Crippen molar-refractivity contribution in [3.8, 4) is 0 Å². The molecule has 0 aliphatic carbocycles. The van der Waals surface area contributed by atoms with E-state index in [1.807, 2.05) is 0 Å². The first-order valence-corrected chi connectivity index (χ1v) is 9.43. The highest BCUT2D eigenvalue weighted by Gasteiger charge is 2.50. The lowest BCUT2D eigenvalue weighted by Crippen LogP contribution is -2.72. The van der Waals surface area contributed by atoms with Crippen molar-refractivity contribution in [2.75, 3.05) is 58.6 Å². The summed E-state index contributed by atoms with van der Waals surface area (Å²) >= 11 is 0. The van der Waals surface area contributed by atoms with E-state index in [2.05, 4.69) is 9.80 Å². The van der Waals surface area contributed by atoms with Gasteiger partial charge in [0.25, 0.3) is 0 Å². The van der Waals surface area contributed by atoms with Gasteiger partial charge in [-0.05, 0) is 31.8 Å². The van der Waals surface area contributed by atoms with Gasteiger partial charge < -0.3 is 10.6 Å². The molecule has 4 rings (SSSR count). The van der Waals surface area contributed by atoms with Gasteiger partial charge in [-0.3, -0.25) is 4.90 Å². The quantitative estimate of drug-likeness (QED) is 0.723. The Labute approximate surface area is 121 Å². The molecule has 0 amide bonds. The number of rotatable bonds is 3. The molecular weight excluding hydrogens is 276 g/mol. The lowest BCUT2D eigenvalue weighted by molar-refractivity contribution is -0.0765. The zero-order valence-corrected chi connectivity index (χ0v) is 13.1. The molecule has 4 aliphatic heterocycles. The maximum absolute atomic E-state index is 11.6. The van der Waals surface area contributed by atoms with Gasteiger partial charge in [-0.15, -0.1) is 0 Å². The monoisotopic (exact) mass is 302 g/mol. The van der Waals surface area contributed by atoms with Crippen LogP contribution in [0.5, 0.6) is 0 Å². The molecule has 20 heavy (non-hydrogen) atoms. The average Bonchev–Trinajstić information content (AvgIpc) is 2.47. The Kier molecular flexibility index (Phi) is 3.83. The first kappa shape index (κ1) is 14.7. The van der Waals surface area contributed by atoms with E-state index in [0.717, 1.165) is 19.6 Å². The third kappa shape index (κ3) is 2.39. The van der Waals surface area contributed by atoms with Crippen LogP contribution >= 0.6 is 0 Å². The molecule has 0 saturated carbocycles. The molecule has 4 saturated heterocycles. The third-order valence-corrected chi connectivity index (χ3v) is 6.84. The van der Waals surface area contributed by atoms with Crippen molar-refractivity contribution < 1.29 is 8.42 Å². The van der Waals surface area contributed by atoms with E-state index in [4.69, 9.17) is 5.73 Å². The molecule has 4 fully saturated rings. The standard InChI is InChI=1S/C13H26N4O2S/c1-20(18,19)17-8-6-16(7-9-17)13(10-14)11-15-4-2-12(13)3-5-15/h12H,2-11,14H2,1H3. The van der Waals surface area contributed by atoms with Crippen LogP contribution in [0, 0.1) is 5.92 Å². The molecule has 0 radical (unpaired) electrons. The Hall–Kier alpha value is -0.210. The molecule has 1 unspecified atom stereocenters. The van der Waals surface area contributed by atoms with Crippen molar-refractivity contribution in [3.63, 3.8) is 0 Å². The normalized spacial score (nSPS) is 40.1. The van der Waals surface area contributed by atoms with Crippen LogP contribution in [-0.4, -0.2) is 86.7 Å². The number of hydrogen-bond donors (Lipinski definition) is 1. The first-order chi connectivity index (χ1) is 9.45. The Balaban J connectivity index is 1.73. The molecule has 4 heterocycles. The average molecular weight is 302 g/mol. The molecule has 0 spiro atoms. The summed E-state index contributed by atoms with van der Waals surface area (Å²) in [4.78, 5) is 5.00. The van der Waals surface area contributed by atoms with E-state index >= 15 is 0 Å². The van der Waals surface area contributed by atoms with Gasteiger partial charge >= 0.3 is 0 Å². The Morgan fingerprint density at radius 1 is 1.10 bits per heavy atom. The highest BCUT2D eigenvalue weighted by Crippen LogP contribution is 2.39. The Morgan fingerprint density at radius 2 is 1.70 bits per heavy atom. The van der Waals surface area contributed by atoms with Crippen LogP contribution in [0.4, 0.5) is 0 Å². The minimum Gasteiger partial charge on any atom is -0.329 e. The number of hydrogen-bond acceptors (Lipinski definition) is 5. The van der Waals surface area contributed by atoms with E-state index in [-0.39, 0.29) is 5.54 Å². The van der Waals surface area contributed by atoms with Crippen LogP contribution in [0.3, 0.4) is 0 Å². The van der Waals surface area contributed by atoms with Crippen LogP contribution in [0.25, 0.3) is 0 Å². The second-order valence-electron chi connectivity index (χ2n) is 6.51. The smallest absolute Gasteiger partial charge is 0.211 e.